The Bertz CT molecular complexity index is 2560. The summed E-state index contributed by atoms with van der Waals surface area (Å²) in [5.74, 6) is -3.25. The standard InChI is InChI=1S/C52H70N8O9/c1-10-59-42-16-15-33-25-37(42)38(47(59)36-13-11-19-54-45(36)31(4)67-8)26-52(5,6)29-69-51(66)40-14-12-20-60(56-40)50(65)41(23-32-21-34(33)24-35(61)22-32)55-48(63)46(30(2)3)57(7)49(64)39-27-58(28-43(39)68-9)44(62)17-18-53/h11,13,15-16,19,21-22,24-25,30-31,39-41,43,46,56,61H,10,12,14,17-18,20,23,26-29,53H2,1-9H3,(H,55,63)/t31-,39+,40-,41-,43-,46-/m0/s1. The number of amides is 4. The Balaban J connectivity index is 1.30. The number of cyclic esters (lactones) is 1. The zero-order chi connectivity index (χ0) is 49.9. The SMILES string of the molecule is CCn1c(-c2cccnc2[C@H](C)OC)c2c3cc(ccc31)-c1cc(O)cc(c1)C[C@H](NC(=O)[C@H](C(C)C)N(C)C(=O)[C@@H]1CN(C(=O)CCN)C[C@@H]1OC)C(=O)N1CCC[C@H](N1)C(=O)OCC(C)(C)C2. The van der Waals surface area contributed by atoms with Crippen LogP contribution in [0.25, 0.3) is 33.3 Å². The van der Waals surface area contributed by atoms with Gasteiger partial charge in [-0.1, -0.05) is 39.8 Å². The number of hydrazine groups is 1. The molecule has 3 aliphatic heterocycles. The van der Waals surface area contributed by atoms with Crippen molar-refractivity contribution in [2.75, 3.05) is 54.1 Å². The number of likely N-dealkylation sites (N-methyl/N-ethyl adjacent to an activating group) is 1. The molecule has 6 atom stereocenters. The van der Waals surface area contributed by atoms with Crippen LogP contribution in [0.4, 0.5) is 0 Å². The van der Waals surface area contributed by atoms with Crippen LogP contribution in [0.5, 0.6) is 5.75 Å². The van der Waals surface area contributed by atoms with Gasteiger partial charge in [0, 0.05) is 94.9 Å². The first-order valence-electron chi connectivity index (χ1n) is 24.2. The largest absolute Gasteiger partial charge is 0.508 e. The van der Waals surface area contributed by atoms with Crippen molar-refractivity contribution in [2.45, 2.75) is 111 Å². The second-order valence-corrected chi connectivity index (χ2v) is 19.9. The summed E-state index contributed by atoms with van der Waals surface area (Å²) >= 11 is 0. The smallest absolute Gasteiger partial charge is 0.324 e. The van der Waals surface area contributed by atoms with Crippen molar-refractivity contribution >= 4 is 40.5 Å². The van der Waals surface area contributed by atoms with Crippen molar-refractivity contribution in [1.82, 2.24) is 35.1 Å². The van der Waals surface area contributed by atoms with Crippen molar-refractivity contribution in [1.29, 1.82) is 0 Å². The van der Waals surface area contributed by atoms with Gasteiger partial charge >= 0.3 is 5.97 Å². The van der Waals surface area contributed by atoms with E-state index in [1.807, 2.05) is 39.0 Å². The van der Waals surface area contributed by atoms with E-state index in [-0.39, 0.29) is 69.3 Å². The van der Waals surface area contributed by atoms with Gasteiger partial charge in [0.1, 0.15) is 23.9 Å². The molecular weight excluding hydrogens is 881 g/mol. The predicted molar refractivity (Wildman–Crippen MR) is 261 cm³/mol. The third-order valence-corrected chi connectivity index (χ3v) is 13.9. The van der Waals surface area contributed by atoms with Crippen molar-refractivity contribution in [3.8, 4) is 28.1 Å². The number of methoxy groups -OCH3 is 2. The number of aromatic hydroxyl groups is 1. The van der Waals surface area contributed by atoms with E-state index >= 15 is 0 Å². The highest BCUT2D eigenvalue weighted by atomic mass is 16.5. The van der Waals surface area contributed by atoms with E-state index in [1.54, 1.807) is 37.4 Å². The lowest BCUT2D eigenvalue weighted by molar-refractivity contribution is -0.155. The molecule has 2 aromatic heterocycles. The Morgan fingerprint density at radius 2 is 1.84 bits per heavy atom. The third-order valence-electron chi connectivity index (χ3n) is 13.9. The first kappa shape index (κ1) is 51.0. The fraction of sp³-hybridized carbons (Fsp3) is 0.538. The molecule has 0 spiro atoms. The van der Waals surface area contributed by atoms with Crippen LogP contribution < -0.4 is 16.5 Å². The number of ether oxygens (including phenoxy) is 3. The molecule has 69 heavy (non-hydrogen) atoms. The molecule has 17 heteroatoms. The molecule has 4 aromatic rings. The second-order valence-electron chi connectivity index (χ2n) is 19.9. The van der Waals surface area contributed by atoms with Gasteiger partial charge < -0.3 is 44.7 Å². The maximum absolute atomic E-state index is 14.8. The van der Waals surface area contributed by atoms with Crippen LogP contribution in [-0.4, -0.2) is 137 Å². The van der Waals surface area contributed by atoms with Crippen LogP contribution in [0.1, 0.15) is 83.7 Å². The summed E-state index contributed by atoms with van der Waals surface area (Å²) < 4.78 is 19.9. The van der Waals surface area contributed by atoms with Crippen molar-refractivity contribution in [3.05, 3.63) is 71.5 Å². The number of rotatable bonds is 12. The molecule has 6 bridgehead atoms. The number of carbonyl (C=O) groups excluding carboxylic acids is 5. The number of hydrogen-bond acceptors (Lipinski definition) is 12. The molecule has 2 fully saturated rings. The molecular formula is C52H70N8O9. The summed E-state index contributed by atoms with van der Waals surface area (Å²) in [6.07, 6.45) is 2.45. The minimum Gasteiger partial charge on any atom is -0.508 e. The monoisotopic (exact) mass is 951 g/mol. The highest BCUT2D eigenvalue weighted by Crippen LogP contribution is 2.42. The average Bonchev–Trinajstić information content (AvgIpc) is 3.90. The summed E-state index contributed by atoms with van der Waals surface area (Å²) in [6.45, 7) is 13.4. The Hall–Kier alpha value is -5.88. The van der Waals surface area contributed by atoms with Crippen molar-refractivity contribution in [2.24, 2.45) is 23.0 Å². The van der Waals surface area contributed by atoms with E-state index in [0.29, 0.717) is 36.9 Å². The van der Waals surface area contributed by atoms with Crippen LogP contribution >= 0.6 is 0 Å². The number of aromatic nitrogens is 2. The molecule has 2 saturated heterocycles. The fourth-order valence-corrected chi connectivity index (χ4v) is 10.4. The molecule has 0 aliphatic carbocycles. The van der Waals surface area contributed by atoms with Crippen LogP contribution in [-0.2, 0) is 57.6 Å². The van der Waals surface area contributed by atoms with Gasteiger partial charge in [-0.05, 0) is 97.7 Å². The van der Waals surface area contributed by atoms with Gasteiger partial charge in [0.2, 0.25) is 17.7 Å². The number of nitrogens with two attached hydrogens (primary N) is 1. The van der Waals surface area contributed by atoms with Crippen molar-refractivity contribution in [3.63, 3.8) is 0 Å². The average molecular weight is 951 g/mol. The molecule has 4 amide bonds. The fourth-order valence-electron chi connectivity index (χ4n) is 10.4. The lowest BCUT2D eigenvalue weighted by Crippen LogP contribution is -2.62. The number of benzene rings is 2. The Labute approximate surface area is 405 Å². The number of esters is 1. The zero-order valence-corrected chi connectivity index (χ0v) is 41.5. The number of fused-ring (bicyclic) bond motifs is 6. The first-order chi connectivity index (χ1) is 32.9. The van der Waals surface area contributed by atoms with Crippen LogP contribution in [0.3, 0.4) is 0 Å². The maximum atomic E-state index is 14.8. The molecule has 5 N–H and O–H groups in total. The van der Waals surface area contributed by atoms with E-state index in [4.69, 9.17) is 24.9 Å². The van der Waals surface area contributed by atoms with E-state index in [2.05, 4.69) is 54.3 Å². The summed E-state index contributed by atoms with van der Waals surface area (Å²) in [6, 6.07) is 12.3. The Morgan fingerprint density at radius 1 is 1.07 bits per heavy atom. The van der Waals surface area contributed by atoms with Crippen LogP contribution in [0.15, 0.2) is 54.7 Å². The second kappa shape index (κ2) is 21.4. The van der Waals surface area contributed by atoms with Crippen LogP contribution in [0.2, 0.25) is 0 Å². The van der Waals surface area contributed by atoms with E-state index < -0.39 is 59.3 Å². The number of phenols is 1. The minimum absolute atomic E-state index is 0.0243. The topological polar surface area (TPSA) is 211 Å². The van der Waals surface area contributed by atoms with Crippen LogP contribution in [0, 0.1) is 17.3 Å². The molecule has 0 radical (unpaired) electrons. The molecule has 3 aliphatic rings. The Kier molecular flexibility index (Phi) is 15.8. The molecule has 372 valence electrons. The highest BCUT2D eigenvalue weighted by Gasteiger charge is 2.44. The molecule has 2 aromatic carbocycles. The Morgan fingerprint density at radius 3 is 2.54 bits per heavy atom. The van der Waals surface area contributed by atoms with Gasteiger partial charge in [0.05, 0.1) is 36.1 Å². The normalized spacial score (nSPS) is 21.7. The molecule has 5 heterocycles. The van der Waals surface area contributed by atoms with Gasteiger partial charge in [-0.2, -0.15) is 0 Å². The lowest BCUT2D eigenvalue weighted by atomic mass is 9.84. The number of nitrogens with zero attached hydrogens (tertiary/aromatic N) is 5. The minimum atomic E-state index is -1.20. The highest BCUT2D eigenvalue weighted by molar-refractivity contribution is 5.96. The molecule has 17 nitrogen and oxygen atoms in total. The van der Waals surface area contributed by atoms with Gasteiger partial charge in [-0.3, -0.25) is 34.0 Å². The van der Waals surface area contributed by atoms with Gasteiger partial charge in [0.15, 0.2) is 0 Å². The van der Waals surface area contributed by atoms with Gasteiger partial charge in [0.25, 0.3) is 5.91 Å². The summed E-state index contributed by atoms with van der Waals surface area (Å²) in [5, 5.41) is 16.7. The quantitative estimate of drug-likeness (QED) is 0.142. The first-order valence-corrected chi connectivity index (χ1v) is 24.2. The number of likely N-dealkylation sites (tertiary alicyclic amines) is 1. The van der Waals surface area contributed by atoms with Gasteiger partial charge in [-0.15, -0.1) is 0 Å². The number of pyridine rings is 1. The summed E-state index contributed by atoms with van der Waals surface area (Å²) in [7, 11) is 4.71. The maximum Gasteiger partial charge on any atom is 0.324 e. The third kappa shape index (κ3) is 10.8. The van der Waals surface area contributed by atoms with E-state index in [1.165, 1.54) is 17.0 Å². The summed E-state index contributed by atoms with van der Waals surface area (Å²) in [5.41, 5.74) is 15.1. The molecule has 7 rings (SSSR count). The number of aryl methyl sites for hydroxylation is 1. The number of hydrogen-bond donors (Lipinski definition) is 4. The number of nitrogens with one attached hydrogen (secondary N) is 2. The summed E-state index contributed by atoms with van der Waals surface area (Å²) in [4.78, 5) is 78.2. The lowest BCUT2D eigenvalue weighted by Gasteiger charge is -2.37. The number of carbonyl (C=O) groups is 5. The molecule has 0 unspecified atom stereocenters. The predicted octanol–water partition coefficient (Wildman–Crippen LogP) is 4.76. The van der Waals surface area contributed by atoms with E-state index in [0.717, 1.165) is 39.0 Å². The van der Waals surface area contributed by atoms with Gasteiger partial charge in [-0.25, -0.2) is 5.43 Å². The van der Waals surface area contributed by atoms with Crippen molar-refractivity contribution < 1.29 is 43.3 Å². The number of phenolic OH excluding ortho intramolecular Hbond substituents is 1. The van der Waals surface area contributed by atoms with E-state index in [9.17, 15) is 29.1 Å². The molecule has 0 saturated carbocycles. The zero-order valence-electron chi connectivity index (χ0n) is 41.5.